The average molecular weight is 390 g/mol. The third-order valence-corrected chi connectivity index (χ3v) is 4.37. The van der Waals surface area contributed by atoms with Gasteiger partial charge in [0.25, 0.3) is 5.91 Å². The quantitative estimate of drug-likeness (QED) is 0.674. The summed E-state index contributed by atoms with van der Waals surface area (Å²) in [7, 11) is 0. The van der Waals surface area contributed by atoms with Crippen LogP contribution < -0.4 is 15.4 Å². The first-order chi connectivity index (χ1) is 13.4. The summed E-state index contributed by atoms with van der Waals surface area (Å²) >= 11 is 0. The topological polar surface area (TPSA) is 91.0 Å². The number of benzene rings is 1. The summed E-state index contributed by atoms with van der Waals surface area (Å²) in [6.45, 7) is 8.80. The standard InChI is InChI=1S/C20H30N4O4/c1-4-28-17-8-6-5-7-16(17)20(27)21-13-19(26)24-11-9-23(10-12-24)14-18(25)22-15(2)3/h5-8,15H,4,9-14H2,1-3H3,(H,21,27)(H,22,25). The maximum absolute atomic E-state index is 12.4. The van der Waals surface area contributed by atoms with Crippen LogP contribution in [0.25, 0.3) is 0 Å². The van der Waals surface area contributed by atoms with Crippen molar-refractivity contribution in [1.29, 1.82) is 0 Å². The van der Waals surface area contributed by atoms with E-state index in [0.29, 0.717) is 50.6 Å². The minimum atomic E-state index is -0.332. The van der Waals surface area contributed by atoms with Gasteiger partial charge in [-0.25, -0.2) is 0 Å². The van der Waals surface area contributed by atoms with Crippen molar-refractivity contribution in [1.82, 2.24) is 20.4 Å². The molecule has 1 aliphatic heterocycles. The predicted molar refractivity (Wildman–Crippen MR) is 106 cm³/mol. The van der Waals surface area contributed by atoms with Gasteiger partial charge in [-0.15, -0.1) is 0 Å². The number of hydrogen-bond donors (Lipinski definition) is 2. The monoisotopic (exact) mass is 390 g/mol. The van der Waals surface area contributed by atoms with Crippen LogP contribution in [0.3, 0.4) is 0 Å². The van der Waals surface area contributed by atoms with Crippen molar-refractivity contribution in [3.8, 4) is 5.75 Å². The Balaban J connectivity index is 1.77. The summed E-state index contributed by atoms with van der Waals surface area (Å²) in [5.74, 6) is 0.0353. The number of carbonyl (C=O) groups excluding carboxylic acids is 3. The zero-order valence-corrected chi connectivity index (χ0v) is 16.9. The highest BCUT2D eigenvalue weighted by Gasteiger charge is 2.23. The number of amides is 3. The smallest absolute Gasteiger partial charge is 0.255 e. The van der Waals surface area contributed by atoms with Gasteiger partial charge in [0.2, 0.25) is 11.8 Å². The fourth-order valence-electron chi connectivity index (χ4n) is 3.02. The van der Waals surface area contributed by atoms with Crippen LogP contribution in [0.5, 0.6) is 5.75 Å². The minimum absolute atomic E-state index is 0.00463. The van der Waals surface area contributed by atoms with Crippen molar-refractivity contribution in [2.75, 3.05) is 45.9 Å². The van der Waals surface area contributed by atoms with Crippen molar-refractivity contribution in [2.24, 2.45) is 0 Å². The molecule has 0 aliphatic carbocycles. The second-order valence-corrected chi connectivity index (χ2v) is 6.99. The second kappa shape index (κ2) is 10.7. The van der Waals surface area contributed by atoms with Crippen LogP contribution in [0.2, 0.25) is 0 Å². The SMILES string of the molecule is CCOc1ccccc1C(=O)NCC(=O)N1CCN(CC(=O)NC(C)C)CC1. The highest BCUT2D eigenvalue weighted by Crippen LogP contribution is 2.17. The van der Waals surface area contributed by atoms with Crippen molar-refractivity contribution in [3.05, 3.63) is 29.8 Å². The molecular weight excluding hydrogens is 360 g/mol. The number of piperazine rings is 1. The van der Waals surface area contributed by atoms with E-state index in [1.165, 1.54) is 0 Å². The first-order valence-electron chi connectivity index (χ1n) is 9.70. The van der Waals surface area contributed by atoms with E-state index in [4.69, 9.17) is 4.74 Å². The average Bonchev–Trinajstić information content (AvgIpc) is 2.66. The molecule has 2 N–H and O–H groups in total. The molecule has 0 atom stereocenters. The van der Waals surface area contributed by atoms with E-state index in [1.54, 1.807) is 29.2 Å². The Labute approximate surface area is 166 Å². The fourth-order valence-corrected chi connectivity index (χ4v) is 3.02. The van der Waals surface area contributed by atoms with Gasteiger partial charge in [0, 0.05) is 32.2 Å². The Morgan fingerprint density at radius 1 is 1.11 bits per heavy atom. The Morgan fingerprint density at radius 3 is 2.43 bits per heavy atom. The van der Waals surface area contributed by atoms with Gasteiger partial charge in [-0.1, -0.05) is 12.1 Å². The molecule has 3 amide bonds. The third-order valence-electron chi connectivity index (χ3n) is 4.37. The predicted octanol–water partition coefficient (Wildman–Crippen LogP) is 0.484. The van der Waals surface area contributed by atoms with E-state index in [2.05, 4.69) is 10.6 Å². The maximum Gasteiger partial charge on any atom is 0.255 e. The van der Waals surface area contributed by atoms with Gasteiger partial charge in [-0.3, -0.25) is 19.3 Å². The number of para-hydroxylation sites is 1. The van der Waals surface area contributed by atoms with Crippen LogP contribution in [0.4, 0.5) is 0 Å². The summed E-state index contributed by atoms with van der Waals surface area (Å²) < 4.78 is 5.45. The lowest BCUT2D eigenvalue weighted by molar-refractivity contribution is -0.132. The normalized spacial score (nSPS) is 14.6. The molecule has 0 saturated carbocycles. The summed E-state index contributed by atoms with van der Waals surface area (Å²) in [5.41, 5.74) is 0.415. The van der Waals surface area contributed by atoms with Crippen LogP contribution in [-0.4, -0.2) is 79.4 Å². The van der Waals surface area contributed by atoms with E-state index in [0.717, 1.165) is 0 Å². The van der Waals surface area contributed by atoms with Crippen molar-refractivity contribution >= 4 is 17.7 Å². The molecular formula is C20H30N4O4. The number of carbonyl (C=O) groups is 3. The molecule has 1 aliphatic rings. The molecule has 154 valence electrons. The molecule has 1 saturated heterocycles. The summed E-state index contributed by atoms with van der Waals surface area (Å²) in [6, 6.07) is 7.08. The van der Waals surface area contributed by atoms with Crippen LogP contribution >= 0.6 is 0 Å². The van der Waals surface area contributed by atoms with Crippen molar-refractivity contribution in [2.45, 2.75) is 26.8 Å². The number of rotatable bonds is 8. The van der Waals surface area contributed by atoms with Crippen LogP contribution in [0, 0.1) is 0 Å². The molecule has 1 aromatic carbocycles. The van der Waals surface area contributed by atoms with Gasteiger partial charge in [-0.05, 0) is 32.9 Å². The molecule has 2 rings (SSSR count). The molecule has 1 heterocycles. The lowest BCUT2D eigenvalue weighted by Gasteiger charge is -2.34. The minimum Gasteiger partial charge on any atom is -0.493 e. The number of ether oxygens (including phenoxy) is 1. The number of nitrogens with zero attached hydrogens (tertiary/aromatic N) is 2. The fraction of sp³-hybridized carbons (Fsp3) is 0.550. The molecule has 1 fully saturated rings. The zero-order chi connectivity index (χ0) is 20.5. The largest absolute Gasteiger partial charge is 0.493 e. The van der Waals surface area contributed by atoms with Gasteiger partial charge in [0.05, 0.1) is 25.3 Å². The van der Waals surface area contributed by atoms with E-state index < -0.39 is 0 Å². The molecule has 8 heteroatoms. The van der Waals surface area contributed by atoms with E-state index in [1.807, 2.05) is 25.7 Å². The van der Waals surface area contributed by atoms with Gasteiger partial charge >= 0.3 is 0 Å². The van der Waals surface area contributed by atoms with Gasteiger partial charge in [0.15, 0.2) is 0 Å². The van der Waals surface area contributed by atoms with Crippen LogP contribution in [0.15, 0.2) is 24.3 Å². The van der Waals surface area contributed by atoms with Gasteiger partial charge in [0.1, 0.15) is 5.75 Å². The first-order valence-corrected chi connectivity index (χ1v) is 9.70. The Bertz CT molecular complexity index is 685. The Hall–Kier alpha value is -2.61. The van der Waals surface area contributed by atoms with E-state index in [9.17, 15) is 14.4 Å². The summed E-state index contributed by atoms with van der Waals surface area (Å²) in [4.78, 5) is 40.3. The summed E-state index contributed by atoms with van der Waals surface area (Å²) in [5, 5.41) is 5.54. The second-order valence-electron chi connectivity index (χ2n) is 6.99. The molecule has 1 aromatic rings. The van der Waals surface area contributed by atoms with E-state index >= 15 is 0 Å². The molecule has 0 bridgehead atoms. The summed E-state index contributed by atoms with van der Waals surface area (Å²) in [6.07, 6.45) is 0. The molecule has 8 nitrogen and oxygen atoms in total. The molecule has 28 heavy (non-hydrogen) atoms. The highest BCUT2D eigenvalue weighted by atomic mass is 16.5. The lowest BCUT2D eigenvalue weighted by Crippen LogP contribution is -2.53. The van der Waals surface area contributed by atoms with Gasteiger partial charge in [-0.2, -0.15) is 0 Å². The Kier molecular flexibility index (Phi) is 8.25. The van der Waals surface area contributed by atoms with Crippen LogP contribution in [-0.2, 0) is 9.59 Å². The molecule has 0 radical (unpaired) electrons. The molecule has 0 spiro atoms. The first kappa shape index (κ1) is 21.7. The van der Waals surface area contributed by atoms with Crippen molar-refractivity contribution < 1.29 is 19.1 Å². The van der Waals surface area contributed by atoms with Crippen LogP contribution in [0.1, 0.15) is 31.1 Å². The zero-order valence-electron chi connectivity index (χ0n) is 16.9. The number of nitrogens with one attached hydrogen (secondary N) is 2. The third kappa shape index (κ3) is 6.53. The van der Waals surface area contributed by atoms with Crippen molar-refractivity contribution in [3.63, 3.8) is 0 Å². The molecule has 0 unspecified atom stereocenters. The van der Waals surface area contributed by atoms with Gasteiger partial charge < -0.3 is 20.3 Å². The van der Waals surface area contributed by atoms with E-state index in [-0.39, 0.29) is 30.3 Å². The highest BCUT2D eigenvalue weighted by molar-refractivity contribution is 5.98. The Morgan fingerprint density at radius 2 is 1.79 bits per heavy atom. The molecule has 0 aromatic heterocycles. The lowest BCUT2D eigenvalue weighted by atomic mass is 10.2. The maximum atomic E-state index is 12.4. The number of hydrogen-bond acceptors (Lipinski definition) is 5.